The zero-order valence-electron chi connectivity index (χ0n) is 16.2. The molecule has 4 heteroatoms. The molecule has 0 spiro atoms. The van der Waals surface area contributed by atoms with Gasteiger partial charge in [0.15, 0.2) is 23.1 Å². The smallest absolute Gasteiger partial charge is 0.160 e. The van der Waals surface area contributed by atoms with Crippen molar-refractivity contribution in [2.75, 3.05) is 0 Å². The van der Waals surface area contributed by atoms with Crippen LogP contribution in [0.3, 0.4) is 0 Å². The maximum absolute atomic E-state index is 12.6. The number of hydrogen-bond acceptors (Lipinski definition) is 4. The normalized spacial score (nSPS) is 20.1. The Labute approximate surface area is 158 Å². The van der Waals surface area contributed by atoms with Crippen LogP contribution in [0.4, 0.5) is 0 Å². The van der Waals surface area contributed by atoms with E-state index in [1.807, 2.05) is 38.1 Å². The molecule has 3 rings (SSSR count). The van der Waals surface area contributed by atoms with Crippen LogP contribution in [-0.2, 0) is 14.4 Å². The number of hydrogen-bond donors (Lipinski definition) is 0. The van der Waals surface area contributed by atoms with Crippen LogP contribution in [-0.4, -0.2) is 23.1 Å². The van der Waals surface area contributed by atoms with Crippen molar-refractivity contribution in [3.05, 3.63) is 46.5 Å². The van der Waals surface area contributed by atoms with Gasteiger partial charge in [0, 0.05) is 24.8 Å². The summed E-state index contributed by atoms with van der Waals surface area (Å²) >= 11 is 0. The lowest BCUT2D eigenvalue weighted by atomic mass is 9.72. The summed E-state index contributed by atoms with van der Waals surface area (Å²) in [6, 6.07) is 7.65. The molecule has 1 aliphatic carbocycles. The molecule has 1 aliphatic rings. The summed E-state index contributed by atoms with van der Waals surface area (Å²) in [7, 11) is 0. The maximum Gasteiger partial charge on any atom is 0.160 e. The Bertz CT molecular complexity index is 966. The average molecular weight is 364 g/mol. The SMILES string of the molecule is CCC(=O)C1C(=O)CC(c2c(C)c(C)c(C(C)=O)c3ccccc23)CC1=O. The van der Waals surface area contributed by atoms with Gasteiger partial charge >= 0.3 is 0 Å². The molecule has 1 fully saturated rings. The molecule has 0 saturated heterocycles. The summed E-state index contributed by atoms with van der Waals surface area (Å²) in [5, 5.41) is 1.77. The largest absolute Gasteiger partial charge is 0.298 e. The number of benzene rings is 2. The van der Waals surface area contributed by atoms with Crippen molar-refractivity contribution >= 4 is 33.9 Å². The molecule has 0 bridgehead atoms. The van der Waals surface area contributed by atoms with E-state index >= 15 is 0 Å². The molecule has 27 heavy (non-hydrogen) atoms. The van der Waals surface area contributed by atoms with Crippen molar-refractivity contribution in [1.29, 1.82) is 0 Å². The van der Waals surface area contributed by atoms with Crippen LogP contribution in [0.15, 0.2) is 24.3 Å². The Morgan fingerprint density at radius 1 is 0.963 bits per heavy atom. The van der Waals surface area contributed by atoms with Gasteiger partial charge in [-0.15, -0.1) is 0 Å². The van der Waals surface area contributed by atoms with E-state index in [9.17, 15) is 19.2 Å². The highest BCUT2D eigenvalue weighted by Gasteiger charge is 2.40. The second kappa shape index (κ2) is 7.18. The Morgan fingerprint density at radius 2 is 1.52 bits per heavy atom. The van der Waals surface area contributed by atoms with E-state index in [1.54, 1.807) is 13.8 Å². The van der Waals surface area contributed by atoms with Crippen LogP contribution < -0.4 is 0 Å². The first-order chi connectivity index (χ1) is 12.8. The van der Waals surface area contributed by atoms with Gasteiger partial charge in [-0.2, -0.15) is 0 Å². The molecular formula is C23H24O4. The minimum atomic E-state index is -1.09. The van der Waals surface area contributed by atoms with Gasteiger partial charge in [0.1, 0.15) is 5.92 Å². The fourth-order valence-corrected chi connectivity index (χ4v) is 4.45. The van der Waals surface area contributed by atoms with Crippen molar-refractivity contribution in [2.24, 2.45) is 5.92 Å². The third kappa shape index (κ3) is 3.14. The predicted molar refractivity (Wildman–Crippen MR) is 104 cm³/mol. The zero-order chi connectivity index (χ0) is 19.9. The monoisotopic (exact) mass is 364 g/mol. The molecule has 0 aromatic heterocycles. The Balaban J connectivity index is 2.16. The number of fused-ring (bicyclic) bond motifs is 1. The van der Waals surface area contributed by atoms with E-state index in [0.29, 0.717) is 5.56 Å². The quantitative estimate of drug-likeness (QED) is 0.600. The summed E-state index contributed by atoms with van der Waals surface area (Å²) < 4.78 is 0. The third-order valence-electron chi connectivity index (χ3n) is 5.80. The van der Waals surface area contributed by atoms with Gasteiger partial charge in [-0.05, 0) is 54.2 Å². The summed E-state index contributed by atoms with van der Waals surface area (Å²) in [6.07, 6.45) is 0.568. The molecule has 0 aliphatic heterocycles. The number of Topliss-reactive ketones (excluding diaryl/α,β-unsaturated/α-hetero) is 4. The van der Waals surface area contributed by atoms with E-state index in [-0.39, 0.29) is 48.3 Å². The fraction of sp³-hybridized carbons (Fsp3) is 0.391. The molecule has 0 radical (unpaired) electrons. The van der Waals surface area contributed by atoms with E-state index in [4.69, 9.17) is 0 Å². The molecule has 0 atom stereocenters. The molecule has 4 nitrogen and oxygen atoms in total. The minimum absolute atomic E-state index is 0.00255. The fourth-order valence-electron chi connectivity index (χ4n) is 4.45. The predicted octanol–water partition coefficient (Wildman–Crippen LogP) is 4.27. The summed E-state index contributed by atoms with van der Waals surface area (Å²) in [5.74, 6) is -2.18. The van der Waals surface area contributed by atoms with Gasteiger partial charge in [0.2, 0.25) is 0 Å². The molecule has 0 amide bonds. The van der Waals surface area contributed by atoms with E-state index in [0.717, 1.165) is 27.5 Å². The summed E-state index contributed by atoms with van der Waals surface area (Å²) in [4.78, 5) is 49.4. The van der Waals surface area contributed by atoms with Crippen LogP contribution >= 0.6 is 0 Å². The Kier molecular flexibility index (Phi) is 5.09. The molecular weight excluding hydrogens is 340 g/mol. The van der Waals surface area contributed by atoms with Crippen LogP contribution in [0.25, 0.3) is 10.8 Å². The van der Waals surface area contributed by atoms with Crippen LogP contribution in [0.5, 0.6) is 0 Å². The highest BCUT2D eigenvalue weighted by molar-refractivity contribution is 6.21. The van der Waals surface area contributed by atoms with Crippen molar-refractivity contribution in [3.63, 3.8) is 0 Å². The van der Waals surface area contributed by atoms with Crippen LogP contribution in [0.1, 0.15) is 66.1 Å². The summed E-state index contributed by atoms with van der Waals surface area (Å²) in [6.45, 7) is 7.10. The first-order valence-corrected chi connectivity index (χ1v) is 9.38. The van der Waals surface area contributed by atoms with Crippen molar-refractivity contribution in [2.45, 2.75) is 52.9 Å². The molecule has 0 N–H and O–H groups in total. The van der Waals surface area contributed by atoms with Gasteiger partial charge < -0.3 is 0 Å². The summed E-state index contributed by atoms with van der Waals surface area (Å²) in [5.41, 5.74) is 3.49. The van der Waals surface area contributed by atoms with Gasteiger partial charge in [-0.25, -0.2) is 0 Å². The van der Waals surface area contributed by atoms with Gasteiger partial charge in [0.25, 0.3) is 0 Å². The average Bonchev–Trinajstić information content (AvgIpc) is 2.61. The number of ketones is 4. The molecule has 2 aromatic carbocycles. The third-order valence-corrected chi connectivity index (χ3v) is 5.80. The Hall–Kier alpha value is -2.62. The first kappa shape index (κ1) is 19.2. The van der Waals surface area contributed by atoms with Crippen LogP contribution in [0, 0.1) is 19.8 Å². The number of carbonyl (C=O) groups excluding carboxylic acids is 4. The second-order valence-electron chi connectivity index (χ2n) is 7.43. The van der Waals surface area contributed by atoms with Gasteiger partial charge in [0.05, 0.1) is 0 Å². The van der Waals surface area contributed by atoms with E-state index in [1.165, 1.54) is 0 Å². The van der Waals surface area contributed by atoms with Gasteiger partial charge in [-0.3, -0.25) is 19.2 Å². The van der Waals surface area contributed by atoms with Crippen molar-refractivity contribution in [3.8, 4) is 0 Å². The lowest BCUT2D eigenvalue weighted by Gasteiger charge is -2.29. The van der Waals surface area contributed by atoms with Crippen molar-refractivity contribution in [1.82, 2.24) is 0 Å². The van der Waals surface area contributed by atoms with E-state index < -0.39 is 5.92 Å². The van der Waals surface area contributed by atoms with Crippen molar-refractivity contribution < 1.29 is 19.2 Å². The minimum Gasteiger partial charge on any atom is -0.298 e. The molecule has 2 aromatic rings. The highest BCUT2D eigenvalue weighted by atomic mass is 16.2. The highest BCUT2D eigenvalue weighted by Crippen LogP contribution is 2.40. The zero-order valence-corrected chi connectivity index (χ0v) is 16.2. The lowest BCUT2D eigenvalue weighted by Crippen LogP contribution is -2.38. The molecule has 1 saturated carbocycles. The van der Waals surface area contributed by atoms with Gasteiger partial charge in [-0.1, -0.05) is 31.2 Å². The molecule has 0 unspecified atom stereocenters. The number of rotatable bonds is 4. The van der Waals surface area contributed by atoms with E-state index in [2.05, 4.69) is 0 Å². The lowest BCUT2D eigenvalue weighted by molar-refractivity contribution is -0.142. The second-order valence-corrected chi connectivity index (χ2v) is 7.43. The number of carbonyl (C=O) groups is 4. The maximum atomic E-state index is 12.6. The Morgan fingerprint density at radius 3 is 2.04 bits per heavy atom. The standard InChI is InChI=1S/C23H24O4/c1-5-18(25)23-19(26)10-15(11-20(23)27)22-13(3)12(2)21(14(4)24)16-8-6-7-9-17(16)22/h6-9,15,23H,5,10-11H2,1-4H3. The molecule has 140 valence electrons. The topological polar surface area (TPSA) is 68.3 Å². The first-order valence-electron chi connectivity index (χ1n) is 9.38. The molecule has 0 heterocycles. The van der Waals surface area contributed by atoms with Crippen LogP contribution in [0.2, 0.25) is 0 Å².